The summed E-state index contributed by atoms with van der Waals surface area (Å²) >= 11 is 5.97. The lowest BCUT2D eigenvalue weighted by atomic mass is 10.2. The van der Waals surface area contributed by atoms with Gasteiger partial charge in [-0.3, -0.25) is 9.59 Å². The maximum Gasteiger partial charge on any atom is 0.249 e. The molecule has 0 heterocycles. The van der Waals surface area contributed by atoms with Crippen LogP contribution in [0.15, 0.2) is 47.6 Å². The van der Waals surface area contributed by atoms with Crippen LogP contribution in [0.4, 0.5) is 5.69 Å². The van der Waals surface area contributed by atoms with Crippen molar-refractivity contribution in [3.63, 3.8) is 0 Å². The first-order valence-corrected chi connectivity index (χ1v) is 9.58. The number of rotatable bonds is 10. The van der Waals surface area contributed by atoms with Gasteiger partial charge in [-0.1, -0.05) is 37.1 Å². The van der Waals surface area contributed by atoms with Gasteiger partial charge in [-0.2, -0.15) is 5.10 Å². The highest BCUT2D eigenvalue weighted by Gasteiger charge is 2.10. The van der Waals surface area contributed by atoms with E-state index < -0.39 is 11.8 Å². The Morgan fingerprint density at radius 2 is 1.93 bits per heavy atom. The first-order chi connectivity index (χ1) is 14.0. The minimum Gasteiger partial charge on any atom is -0.493 e. The van der Waals surface area contributed by atoms with Crippen LogP contribution in [-0.4, -0.2) is 31.7 Å². The molecule has 0 aliphatic rings. The molecule has 0 radical (unpaired) electrons. The summed E-state index contributed by atoms with van der Waals surface area (Å²) in [4.78, 5) is 23.8. The van der Waals surface area contributed by atoms with Gasteiger partial charge in [-0.25, -0.2) is 5.43 Å². The third kappa shape index (κ3) is 7.46. The van der Waals surface area contributed by atoms with Crippen LogP contribution in [0.2, 0.25) is 5.02 Å². The van der Waals surface area contributed by atoms with Gasteiger partial charge in [0.2, 0.25) is 11.8 Å². The summed E-state index contributed by atoms with van der Waals surface area (Å²) in [7, 11) is 1.56. The number of para-hydroxylation sites is 1. The average molecular weight is 418 g/mol. The molecule has 0 unspecified atom stereocenters. The molecule has 29 heavy (non-hydrogen) atoms. The molecule has 0 aliphatic carbocycles. The number of hydrogen-bond donors (Lipinski definition) is 2. The number of hydrogen-bond acceptors (Lipinski definition) is 5. The maximum atomic E-state index is 11.9. The Morgan fingerprint density at radius 1 is 1.14 bits per heavy atom. The van der Waals surface area contributed by atoms with E-state index in [0.29, 0.717) is 34.4 Å². The summed E-state index contributed by atoms with van der Waals surface area (Å²) in [6.07, 6.45) is 3.09. The van der Waals surface area contributed by atoms with Crippen molar-refractivity contribution in [2.24, 2.45) is 5.10 Å². The summed E-state index contributed by atoms with van der Waals surface area (Å²) < 4.78 is 11.0. The normalized spacial score (nSPS) is 10.6. The van der Waals surface area contributed by atoms with E-state index in [1.807, 2.05) is 0 Å². The van der Waals surface area contributed by atoms with E-state index in [9.17, 15) is 9.59 Å². The maximum absolute atomic E-state index is 11.9. The van der Waals surface area contributed by atoms with Crippen molar-refractivity contribution in [2.75, 3.05) is 19.0 Å². The SMILES string of the molecule is CCCCOc1ccc(C=NNC(=O)CC(=O)Nc2ccccc2Cl)cc1OC. The standard InChI is InChI=1S/C21H24ClN3O4/c1-3-4-11-29-18-10-9-15(12-19(18)28-2)14-23-25-21(27)13-20(26)24-17-8-6-5-7-16(17)22/h5-10,12,14H,3-4,11,13H2,1-2H3,(H,24,26)(H,25,27). The van der Waals surface area contributed by atoms with Gasteiger partial charge < -0.3 is 14.8 Å². The second-order valence-corrected chi connectivity index (χ2v) is 6.52. The first kappa shape index (κ1) is 22.2. The van der Waals surface area contributed by atoms with Gasteiger partial charge in [0.05, 0.1) is 30.6 Å². The van der Waals surface area contributed by atoms with Gasteiger partial charge in [0, 0.05) is 0 Å². The zero-order valence-corrected chi connectivity index (χ0v) is 17.2. The van der Waals surface area contributed by atoms with Gasteiger partial charge in [0.15, 0.2) is 11.5 Å². The molecule has 0 bridgehead atoms. The van der Waals surface area contributed by atoms with Crippen molar-refractivity contribution in [2.45, 2.75) is 26.2 Å². The number of methoxy groups -OCH3 is 1. The predicted octanol–water partition coefficient (Wildman–Crippen LogP) is 4.01. The van der Waals surface area contributed by atoms with Crippen LogP contribution in [-0.2, 0) is 9.59 Å². The summed E-state index contributed by atoms with van der Waals surface area (Å²) in [5, 5.41) is 6.85. The van der Waals surface area contributed by atoms with Crippen LogP contribution in [0.1, 0.15) is 31.7 Å². The topological polar surface area (TPSA) is 89.0 Å². The molecule has 0 saturated carbocycles. The van der Waals surface area contributed by atoms with Gasteiger partial charge in [-0.15, -0.1) is 0 Å². The largest absolute Gasteiger partial charge is 0.493 e. The number of hydrazone groups is 1. The van der Waals surface area contributed by atoms with E-state index in [2.05, 4.69) is 22.8 Å². The second-order valence-electron chi connectivity index (χ2n) is 6.11. The molecule has 2 rings (SSSR count). The molecule has 7 nitrogen and oxygen atoms in total. The van der Waals surface area contributed by atoms with Crippen LogP contribution in [0.5, 0.6) is 11.5 Å². The van der Waals surface area contributed by atoms with E-state index >= 15 is 0 Å². The fraction of sp³-hybridized carbons (Fsp3) is 0.286. The Kier molecular flexibility index (Phi) is 8.98. The van der Waals surface area contributed by atoms with Crippen LogP contribution in [0.25, 0.3) is 0 Å². The number of halogens is 1. The quantitative estimate of drug-likeness (QED) is 0.264. The molecule has 8 heteroatoms. The van der Waals surface area contributed by atoms with Crippen molar-refractivity contribution >= 4 is 35.3 Å². The van der Waals surface area contributed by atoms with Crippen molar-refractivity contribution in [3.8, 4) is 11.5 Å². The molecular formula is C21H24ClN3O4. The van der Waals surface area contributed by atoms with Gasteiger partial charge in [0.25, 0.3) is 0 Å². The third-order valence-corrected chi connectivity index (χ3v) is 4.14. The average Bonchev–Trinajstić information content (AvgIpc) is 2.70. The molecule has 0 saturated heterocycles. The zero-order valence-electron chi connectivity index (χ0n) is 16.4. The Morgan fingerprint density at radius 3 is 2.66 bits per heavy atom. The highest BCUT2D eigenvalue weighted by atomic mass is 35.5. The van der Waals surface area contributed by atoms with Crippen molar-refractivity contribution in [3.05, 3.63) is 53.1 Å². The van der Waals surface area contributed by atoms with Crippen LogP contribution in [0, 0.1) is 0 Å². The molecule has 0 atom stereocenters. The number of carbonyl (C=O) groups excluding carboxylic acids is 2. The van der Waals surface area contributed by atoms with E-state index in [-0.39, 0.29) is 6.42 Å². The fourth-order valence-electron chi connectivity index (χ4n) is 2.33. The smallest absolute Gasteiger partial charge is 0.249 e. The van der Waals surface area contributed by atoms with E-state index in [4.69, 9.17) is 21.1 Å². The molecule has 0 aromatic heterocycles. The molecular weight excluding hydrogens is 394 g/mol. The Balaban J connectivity index is 1.86. The zero-order chi connectivity index (χ0) is 21.1. The number of amides is 2. The molecule has 0 aliphatic heterocycles. The minimum absolute atomic E-state index is 0.379. The molecule has 0 fully saturated rings. The highest BCUT2D eigenvalue weighted by Crippen LogP contribution is 2.27. The lowest BCUT2D eigenvalue weighted by Crippen LogP contribution is -2.24. The molecule has 0 spiro atoms. The number of benzene rings is 2. The van der Waals surface area contributed by atoms with Crippen molar-refractivity contribution in [1.82, 2.24) is 5.43 Å². The third-order valence-electron chi connectivity index (χ3n) is 3.82. The summed E-state index contributed by atoms with van der Waals surface area (Å²) in [6.45, 7) is 2.71. The molecule has 154 valence electrons. The van der Waals surface area contributed by atoms with E-state index in [1.165, 1.54) is 6.21 Å². The number of anilines is 1. The monoisotopic (exact) mass is 417 g/mol. The molecule has 2 N–H and O–H groups in total. The fourth-order valence-corrected chi connectivity index (χ4v) is 2.51. The van der Waals surface area contributed by atoms with Crippen LogP contribution < -0.4 is 20.2 Å². The first-order valence-electron chi connectivity index (χ1n) is 9.20. The lowest BCUT2D eigenvalue weighted by molar-refractivity contribution is -0.126. The Labute approximate surface area is 175 Å². The lowest BCUT2D eigenvalue weighted by Gasteiger charge is -2.10. The summed E-state index contributed by atoms with van der Waals surface area (Å²) in [5.41, 5.74) is 3.48. The molecule has 2 amide bonds. The van der Waals surface area contributed by atoms with E-state index in [1.54, 1.807) is 49.6 Å². The van der Waals surface area contributed by atoms with E-state index in [0.717, 1.165) is 12.8 Å². The van der Waals surface area contributed by atoms with Gasteiger partial charge in [0.1, 0.15) is 6.42 Å². The Bertz CT molecular complexity index is 871. The van der Waals surface area contributed by atoms with Crippen LogP contribution >= 0.6 is 11.6 Å². The number of nitrogens with zero attached hydrogens (tertiary/aromatic N) is 1. The van der Waals surface area contributed by atoms with Crippen molar-refractivity contribution in [1.29, 1.82) is 0 Å². The van der Waals surface area contributed by atoms with Crippen molar-refractivity contribution < 1.29 is 19.1 Å². The molecule has 2 aromatic carbocycles. The summed E-state index contributed by atoms with van der Waals surface area (Å²) in [6, 6.07) is 12.1. The predicted molar refractivity (Wildman–Crippen MR) is 114 cm³/mol. The number of ether oxygens (including phenoxy) is 2. The van der Waals surface area contributed by atoms with Gasteiger partial charge >= 0.3 is 0 Å². The van der Waals surface area contributed by atoms with Crippen LogP contribution in [0.3, 0.4) is 0 Å². The second kappa shape index (κ2) is 11.7. The molecule has 2 aromatic rings. The minimum atomic E-state index is -0.544. The Hall–Kier alpha value is -3.06. The number of carbonyl (C=O) groups is 2. The number of unbranched alkanes of at least 4 members (excludes halogenated alkanes) is 1. The van der Waals surface area contributed by atoms with Gasteiger partial charge in [-0.05, 0) is 42.3 Å². The summed E-state index contributed by atoms with van der Waals surface area (Å²) in [5.74, 6) is 0.201. The number of nitrogens with one attached hydrogen (secondary N) is 2. The highest BCUT2D eigenvalue weighted by molar-refractivity contribution is 6.33.